The Morgan fingerprint density at radius 1 is 1.19 bits per heavy atom. The molecule has 2 aliphatic rings. The fourth-order valence-corrected chi connectivity index (χ4v) is 4.00. The Kier molecular flexibility index (Phi) is 4.35. The minimum Gasteiger partial charge on any atom is -0.448 e. The van der Waals surface area contributed by atoms with Crippen molar-refractivity contribution in [3.8, 4) is 0 Å². The molecule has 0 spiro atoms. The molecule has 4 rings (SSSR count). The number of nitrogens with zero attached hydrogens (tertiary/aromatic N) is 2. The van der Waals surface area contributed by atoms with Gasteiger partial charge in [-0.25, -0.2) is 4.98 Å². The number of ether oxygens (including phenoxy) is 1. The third-order valence-electron chi connectivity index (χ3n) is 5.57. The molecule has 26 heavy (non-hydrogen) atoms. The fourth-order valence-electron chi connectivity index (χ4n) is 4.00. The van der Waals surface area contributed by atoms with Crippen LogP contribution < -0.4 is 4.90 Å². The molecule has 1 atom stereocenters. The van der Waals surface area contributed by atoms with E-state index in [1.807, 2.05) is 23.1 Å². The Morgan fingerprint density at radius 2 is 1.92 bits per heavy atom. The standard InChI is InChI=1S/C21H26N2O3/c1-21(2,3)16-12-23(18-7-5-4-6-15(16)18)20(24)17-13-26-19(22-17)14-8-10-25-11-9-14/h4-7,13-14,16H,8-12H2,1-3H3. The van der Waals surface area contributed by atoms with Crippen molar-refractivity contribution in [3.63, 3.8) is 0 Å². The second-order valence-electron chi connectivity index (χ2n) is 8.35. The first-order chi connectivity index (χ1) is 12.4. The van der Waals surface area contributed by atoms with Crippen LogP contribution in [0.15, 0.2) is 34.9 Å². The van der Waals surface area contributed by atoms with E-state index in [0.29, 0.717) is 24.0 Å². The van der Waals surface area contributed by atoms with Gasteiger partial charge in [0.05, 0.1) is 0 Å². The maximum atomic E-state index is 13.2. The third kappa shape index (κ3) is 3.05. The number of carbonyl (C=O) groups excluding carboxylic acids is 1. The van der Waals surface area contributed by atoms with Gasteiger partial charge in [-0.05, 0) is 29.9 Å². The minimum atomic E-state index is -0.0775. The number of hydrogen-bond donors (Lipinski definition) is 0. The molecule has 0 aliphatic carbocycles. The highest BCUT2D eigenvalue weighted by Crippen LogP contribution is 2.46. The van der Waals surface area contributed by atoms with E-state index in [2.05, 4.69) is 31.8 Å². The maximum absolute atomic E-state index is 13.2. The van der Waals surface area contributed by atoms with Gasteiger partial charge in [-0.3, -0.25) is 4.79 Å². The van der Waals surface area contributed by atoms with Gasteiger partial charge in [-0.2, -0.15) is 0 Å². The first kappa shape index (κ1) is 17.3. The Labute approximate surface area is 154 Å². The molecule has 0 saturated carbocycles. The van der Waals surface area contributed by atoms with E-state index in [1.54, 1.807) is 0 Å². The minimum absolute atomic E-state index is 0.0775. The van der Waals surface area contributed by atoms with Crippen LogP contribution in [0.2, 0.25) is 0 Å². The summed E-state index contributed by atoms with van der Waals surface area (Å²) in [4.78, 5) is 19.5. The molecule has 1 saturated heterocycles. The zero-order valence-corrected chi connectivity index (χ0v) is 15.7. The normalized spacial score (nSPS) is 21.0. The summed E-state index contributed by atoms with van der Waals surface area (Å²) in [5.41, 5.74) is 2.72. The van der Waals surface area contributed by atoms with Crippen molar-refractivity contribution >= 4 is 11.6 Å². The average molecular weight is 354 g/mol. The quantitative estimate of drug-likeness (QED) is 0.804. The summed E-state index contributed by atoms with van der Waals surface area (Å²) in [5, 5.41) is 0. The molecule has 1 unspecified atom stereocenters. The molecule has 138 valence electrons. The van der Waals surface area contributed by atoms with Gasteiger partial charge in [0.2, 0.25) is 0 Å². The number of carbonyl (C=O) groups is 1. The first-order valence-electron chi connectivity index (χ1n) is 9.39. The lowest BCUT2D eigenvalue weighted by Crippen LogP contribution is -2.32. The van der Waals surface area contributed by atoms with Gasteiger partial charge in [0, 0.05) is 37.3 Å². The molecule has 1 fully saturated rings. The van der Waals surface area contributed by atoms with E-state index >= 15 is 0 Å². The van der Waals surface area contributed by atoms with Crippen LogP contribution in [-0.2, 0) is 4.74 Å². The Bertz CT molecular complexity index is 800. The molecule has 2 aromatic rings. The molecule has 1 amide bonds. The zero-order valence-electron chi connectivity index (χ0n) is 15.7. The number of para-hydroxylation sites is 1. The number of rotatable bonds is 2. The molecule has 1 aromatic carbocycles. The van der Waals surface area contributed by atoms with Crippen LogP contribution in [0.3, 0.4) is 0 Å². The number of fused-ring (bicyclic) bond motifs is 1. The zero-order chi connectivity index (χ0) is 18.3. The van der Waals surface area contributed by atoms with Crippen LogP contribution in [-0.4, -0.2) is 30.6 Å². The van der Waals surface area contributed by atoms with Crippen molar-refractivity contribution in [2.45, 2.75) is 45.4 Å². The number of amides is 1. The largest absolute Gasteiger partial charge is 0.448 e. The first-order valence-corrected chi connectivity index (χ1v) is 9.39. The van der Waals surface area contributed by atoms with Crippen LogP contribution in [0.4, 0.5) is 5.69 Å². The molecular formula is C21H26N2O3. The highest BCUT2D eigenvalue weighted by Gasteiger charge is 2.39. The summed E-state index contributed by atoms with van der Waals surface area (Å²) in [6, 6.07) is 8.19. The van der Waals surface area contributed by atoms with E-state index in [-0.39, 0.29) is 17.2 Å². The molecule has 0 radical (unpaired) electrons. The number of benzene rings is 1. The van der Waals surface area contributed by atoms with Crippen molar-refractivity contribution in [3.05, 3.63) is 47.7 Å². The van der Waals surface area contributed by atoms with Gasteiger partial charge in [-0.1, -0.05) is 39.0 Å². The number of anilines is 1. The van der Waals surface area contributed by atoms with Gasteiger partial charge < -0.3 is 14.1 Å². The lowest BCUT2D eigenvalue weighted by Gasteiger charge is -2.27. The number of hydrogen-bond acceptors (Lipinski definition) is 4. The van der Waals surface area contributed by atoms with Crippen LogP contribution in [0.5, 0.6) is 0 Å². The molecule has 5 heteroatoms. The second kappa shape index (κ2) is 6.54. The topological polar surface area (TPSA) is 55.6 Å². The smallest absolute Gasteiger partial charge is 0.280 e. The van der Waals surface area contributed by atoms with Crippen LogP contribution in [0, 0.1) is 5.41 Å². The SMILES string of the molecule is CC(C)(C)C1CN(C(=O)c2coc(C3CCOCC3)n2)c2ccccc21. The fraction of sp³-hybridized carbons (Fsp3) is 0.524. The highest BCUT2D eigenvalue weighted by atomic mass is 16.5. The summed E-state index contributed by atoms with van der Waals surface area (Å²) >= 11 is 0. The van der Waals surface area contributed by atoms with Crippen LogP contribution in [0.1, 0.15) is 67.4 Å². The van der Waals surface area contributed by atoms with Crippen molar-refractivity contribution < 1.29 is 13.9 Å². The van der Waals surface area contributed by atoms with Crippen molar-refractivity contribution in [1.29, 1.82) is 0 Å². The number of oxazole rings is 1. The lowest BCUT2D eigenvalue weighted by molar-refractivity contribution is 0.0794. The van der Waals surface area contributed by atoms with E-state index in [0.717, 1.165) is 31.7 Å². The molecule has 1 aromatic heterocycles. The molecule has 5 nitrogen and oxygen atoms in total. The monoisotopic (exact) mass is 354 g/mol. The highest BCUT2D eigenvalue weighted by molar-refractivity contribution is 6.06. The maximum Gasteiger partial charge on any atom is 0.280 e. The molecule has 2 aliphatic heterocycles. The van der Waals surface area contributed by atoms with Crippen LogP contribution >= 0.6 is 0 Å². The van der Waals surface area contributed by atoms with Crippen molar-refractivity contribution in [2.75, 3.05) is 24.7 Å². The summed E-state index contributed by atoms with van der Waals surface area (Å²) in [6.45, 7) is 8.80. The summed E-state index contributed by atoms with van der Waals surface area (Å²) < 4.78 is 11.0. The van der Waals surface area contributed by atoms with E-state index in [9.17, 15) is 4.79 Å². The Hall–Kier alpha value is -2.14. The summed E-state index contributed by atoms with van der Waals surface area (Å²) in [7, 11) is 0. The van der Waals surface area contributed by atoms with E-state index < -0.39 is 0 Å². The third-order valence-corrected chi connectivity index (χ3v) is 5.57. The molecule has 3 heterocycles. The van der Waals surface area contributed by atoms with Gasteiger partial charge in [0.15, 0.2) is 11.6 Å². The summed E-state index contributed by atoms with van der Waals surface area (Å²) in [6.07, 6.45) is 3.31. The van der Waals surface area contributed by atoms with Crippen molar-refractivity contribution in [2.24, 2.45) is 5.41 Å². The predicted octanol–water partition coefficient (Wildman–Crippen LogP) is 4.36. The van der Waals surface area contributed by atoms with Gasteiger partial charge in [0.25, 0.3) is 5.91 Å². The van der Waals surface area contributed by atoms with Gasteiger partial charge in [0.1, 0.15) is 6.26 Å². The van der Waals surface area contributed by atoms with Crippen LogP contribution in [0.25, 0.3) is 0 Å². The average Bonchev–Trinajstić information content (AvgIpc) is 3.27. The van der Waals surface area contributed by atoms with Gasteiger partial charge >= 0.3 is 0 Å². The van der Waals surface area contributed by atoms with Gasteiger partial charge in [-0.15, -0.1) is 0 Å². The summed E-state index contributed by atoms with van der Waals surface area (Å²) in [5.74, 6) is 1.14. The van der Waals surface area contributed by atoms with Crippen molar-refractivity contribution in [1.82, 2.24) is 4.98 Å². The Morgan fingerprint density at radius 3 is 2.65 bits per heavy atom. The number of aromatic nitrogens is 1. The van der Waals surface area contributed by atoms with E-state index in [1.165, 1.54) is 11.8 Å². The lowest BCUT2D eigenvalue weighted by atomic mass is 9.78. The molecule has 0 bridgehead atoms. The Balaban J connectivity index is 1.60. The molecule has 0 N–H and O–H groups in total. The van der Waals surface area contributed by atoms with E-state index in [4.69, 9.17) is 9.15 Å². The predicted molar refractivity (Wildman–Crippen MR) is 99.6 cm³/mol. The molecular weight excluding hydrogens is 328 g/mol. The second-order valence-corrected chi connectivity index (χ2v) is 8.35.